The first-order valence-corrected chi connectivity index (χ1v) is 5.91. The van der Waals surface area contributed by atoms with E-state index in [9.17, 15) is 5.11 Å². The number of rotatable bonds is 2. The normalized spacial score (nSPS) is 22.4. The van der Waals surface area contributed by atoms with E-state index in [-0.39, 0.29) is 6.10 Å². The molecular weight excluding hydrogens is 200 g/mol. The third kappa shape index (κ3) is 2.54. The maximum atomic E-state index is 9.55. The standard InChI is InChI=1S/C13H20N2O/c1-10-8-15(9-11(2)16)13-6-4-3-5-12(13)7-14-10/h3-6,10-11,14,16H,7-9H2,1-2H3/t10?,11-/m0/s1. The molecule has 0 aromatic heterocycles. The fourth-order valence-corrected chi connectivity index (χ4v) is 2.24. The number of β-amino-alcohol motifs (C(OH)–C–C–N with tert-alkyl or cyclic N) is 1. The molecule has 0 spiro atoms. The van der Waals surface area contributed by atoms with Crippen LogP contribution < -0.4 is 10.2 Å². The Morgan fingerprint density at radius 3 is 3.00 bits per heavy atom. The minimum Gasteiger partial charge on any atom is -0.392 e. The smallest absolute Gasteiger partial charge is 0.0687 e. The predicted molar refractivity (Wildman–Crippen MR) is 66.6 cm³/mol. The fraction of sp³-hybridized carbons (Fsp3) is 0.538. The second-order valence-corrected chi connectivity index (χ2v) is 4.66. The lowest BCUT2D eigenvalue weighted by molar-refractivity contribution is 0.199. The summed E-state index contributed by atoms with van der Waals surface area (Å²) in [4.78, 5) is 2.27. The van der Waals surface area contributed by atoms with Crippen LogP contribution >= 0.6 is 0 Å². The molecule has 1 heterocycles. The van der Waals surface area contributed by atoms with Gasteiger partial charge >= 0.3 is 0 Å². The fourth-order valence-electron chi connectivity index (χ4n) is 2.24. The Morgan fingerprint density at radius 2 is 2.25 bits per heavy atom. The molecule has 0 bridgehead atoms. The number of nitrogens with one attached hydrogen (secondary N) is 1. The van der Waals surface area contributed by atoms with Crippen molar-refractivity contribution in [3.63, 3.8) is 0 Å². The highest BCUT2D eigenvalue weighted by molar-refractivity contribution is 5.54. The van der Waals surface area contributed by atoms with Gasteiger partial charge in [-0.15, -0.1) is 0 Å². The van der Waals surface area contributed by atoms with Gasteiger partial charge in [0.25, 0.3) is 0 Å². The molecule has 3 nitrogen and oxygen atoms in total. The third-order valence-corrected chi connectivity index (χ3v) is 2.95. The molecule has 1 aromatic rings. The van der Waals surface area contributed by atoms with Gasteiger partial charge < -0.3 is 15.3 Å². The molecule has 0 aliphatic carbocycles. The molecule has 3 heteroatoms. The molecule has 0 saturated carbocycles. The van der Waals surface area contributed by atoms with E-state index in [4.69, 9.17) is 0 Å². The minimum absolute atomic E-state index is 0.293. The van der Waals surface area contributed by atoms with E-state index in [1.165, 1.54) is 11.3 Å². The quantitative estimate of drug-likeness (QED) is 0.790. The molecule has 1 aromatic carbocycles. The van der Waals surface area contributed by atoms with Crippen LogP contribution in [0.25, 0.3) is 0 Å². The van der Waals surface area contributed by atoms with Crippen LogP contribution in [0.4, 0.5) is 5.69 Å². The number of hydrogen-bond acceptors (Lipinski definition) is 3. The summed E-state index contributed by atoms with van der Waals surface area (Å²) < 4.78 is 0. The Bertz CT molecular complexity index is 352. The van der Waals surface area contributed by atoms with E-state index in [0.717, 1.165) is 13.1 Å². The Balaban J connectivity index is 2.27. The Labute approximate surface area is 97.1 Å². The van der Waals surface area contributed by atoms with Crippen LogP contribution in [0.15, 0.2) is 24.3 Å². The Hall–Kier alpha value is -1.06. The average molecular weight is 220 g/mol. The highest BCUT2D eigenvalue weighted by Crippen LogP contribution is 2.23. The lowest BCUT2D eigenvalue weighted by Crippen LogP contribution is -2.39. The van der Waals surface area contributed by atoms with Gasteiger partial charge in [0.15, 0.2) is 0 Å². The van der Waals surface area contributed by atoms with Gasteiger partial charge in [-0.3, -0.25) is 0 Å². The summed E-state index contributed by atoms with van der Waals surface area (Å²) in [7, 11) is 0. The monoisotopic (exact) mass is 220 g/mol. The van der Waals surface area contributed by atoms with Crippen LogP contribution in [-0.2, 0) is 6.54 Å². The van der Waals surface area contributed by atoms with Crippen molar-refractivity contribution in [3.8, 4) is 0 Å². The molecule has 2 rings (SSSR count). The van der Waals surface area contributed by atoms with Gasteiger partial charge in [-0.25, -0.2) is 0 Å². The Kier molecular flexibility index (Phi) is 3.46. The van der Waals surface area contributed by atoms with Crippen molar-refractivity contribution in [1.29, 1.82) is 0 Å². The number of nitrogens with zero attached hydrogens (tertiary/aromatic N) is 1. The van der Waals surface area contributed by atoms with Crippen molar-refractivity contribution < 1.29 is 5.11 Å². The van der Waals surface area contributed by atoms with Crippen LogP contribution in [0.5, 0.6) is 0 Å². The van der Waals surface area contributed by atoms with Crippen LogP contribution in [0.1, 0.15) is 19.4 Å². The zero-order chi connectivity index (χ0) is 11.5. The van der Waals surface area contributed by atoms with Crippen LogP contribution in [-0.4, -0.2) is 30.3 Å². The SMILES string of the molecule is CC1CN(C[C@H](C)O)c2ccccc2CN1. The molecule has 0 radical (unpaired) electrons. The maximum Gasteiger partial charge on any atom is 0.0687 e. The second-order valence-electron chi connectivity index (χ2n) is 4.66. The molecule has 88 valence electrons. The number of aliphatic hydroxyl groups excluding tert-OH is 1. The van der Waals surface area contributed by atoms with Gasteiger partial charge in [-0.2, -0.15) is 0 Å². The van der Waals surface area contributed by atoms with Crippen LogP contribution in [0.3, 0.4) is 0 Å². The lowest BCUT2D eigenvalue weighted by atomic mass is 10.1. The molecule has 2 atom stereocenters. The number of fused-ring (bicyclic) bond motifs is 1. The first-order chi connectivity index (χ1) is 7.66. The van der Waals surface area contributed by atoms with Crippen LogP contribution in [0.2, 0.25) is 0 Å². The number of benzene rings is 1. The largest absolute Gasteiger partial charge is 0.392 e. The lowest BCUT2D eigenvalue weighted by Gasteiger charge is -2.27. The topological polar surface area (TPSA) is 35.5 Å². The second kappa shape index (κ2) is 4.85. The van der Waals surface area contributed by atoms with Crippen molar-refractivity contribution in [3.05, 3.63) is 29.8 Å². The summed E-state index contributed by atoms with van der Waals surface area (Å²) in [6, 6.07) is 8.86. The molecule has 16 heavy (non-hydrogen) atoms. The van der Waals surface area contributed by atoms with Gasteiger partial charge in [0, 0.05) is 31.4 Å². The van der Waals surface area contributed by atoms with E-state index in [1.807, 2.05) is 6.92 Å². The molecule has 0 fully saturated rings. The number of aliphatic hydroxyl groups is 1. The third-order valence-electron chi connectivity index (χ3n) is 2.95. The highest BCUT2D eigenvalue weighted by Gasteiger charge is 2.19. The van der Waals surface area contributed by atoms with Crippen molar-refractivity contribution in [2.75, 3.05) is 18.0 Å². The molecule has 2 N–H and O–H groups in total. The molecule has 0 amide bonds. The summed E-state index contributed by atoms with van der Waals surface area (Å²) in [6.45, 7) is 6.57. The molecule has 1 unspecified atom stereocenters. The molecule has 1 aliphatic rings. The van der Waals surface area contributed by atoms with Gasteiger partial charge in [0.05, 0.1) is 6.10 Å². The van der Waals surface area contributed by atoms with E-state index < -0.39 is 0 Å². The molecule has 0 saturated heterocycles. The van der Waals surface area contributed by atoms with Crippen molar-refractivity contribution >= 4 is 5.69 Å². The highest BCUT2D eigenvalue weighted by atomic mass is 16.3. The summed E-state index contributed by atoms with van der Waals surface area (Å²) in [5.74, 6) is 0. The van der Waals surface area contributed by atoms with Crippen molar-refractivity contribution in [2.24, 2.45) is 0 Å². The van der Waals surface area contributed by atoms with E-state index in [1.54, 1.807) is 0 Å². The zero-order valence-electron chi connectivity index (χ0n) is 9.98. The van der Waals surface area contributed by atoms with Gasteiger partial charge in [-0.05, 0) is 25.5 Å². The van der Waals surface area contributed by atoms with Gasteiger partial charge in [-0.1, -0.05) is 18.2 Å². The first-order valence-electron chi connectivity index (χ1n) is 5.91. The summed E-state index contributed by atoms with van der Waals surface area (Å²) >= 11 is 0. The van der Waals surface area contributed by atoms with Gasteiger partial charge in [0.1, 0.15) is 0 Å². The maximum absolute atomic E-state index is 9.55. The van der Waals surface area contributed by atoms with Crippen LogP contribution in [0, 0.1) is 0 Å². The average Bonchev–Trinajstić information content (AvgIpc) is 2.39. The summed E-state index contributed by atoms with van der Waals surface area (Å²) in [5, 5.41) is 13.0. The number of hydrogen-bond donors (Lipinski definition) is 2. The van der Waals surface area contributed by atoms with E-state index in [0.29, 0.717) is 12.6 Å². The van der Waals surface area contributed by atoms with E-state index >= 15 is 0 Å². The van der Waals surface area contributed by atoms with E-state index in [2.05, 4.69) is 41.4 Å². The zero-order valence-corrected chi connectivity index (χ0v) is 9.98. The van der Waals surface area contributed by atoms with Crippen molar-refractivity contribution in [2.45, 2.75) is 32.5 Å². The molecule has 1 aliphatic heterocycles. The molecular formula is C13H20N2O. The summed E-state index contributed by atoms with van der Waals surface area (Å²) in [6.07, 6.45) is -0.293. The predicted octanol–water partition coefficient (Wildman–Crippen LogP) is 1.37. The Morgan fingerprint density at radius 1 is 1.50 bits per heavy atom. The minimum atomic E-state index is -0.293. The number of anilines is 1. The van der Waals surface area contributed by atoms with Gasteiger partial charge in [0.2, 0.25) is 0 Å². The number of para-hydroxylation sites is 1. The first kappa shape index (κ1) is 11.4. The van der Waals surface area contributed by atoms with Crippen molar-refractivity contribution in [1.82, 2.24) is 5.32 Å². The summed E-state index contributed by atoms with van der Waals surface area (Å²) in [5.41, 5.74) is 2.56.